The van der Waals surface area contributed by atoms with Gasteiger partial charge >= 0.3 is 0 Å². The molecule has 4 nitrogen and oxygen atoms in total. The highest BCUT2D eigenvalue weighted by Crippen LogP contribution is 2.31. The molecule has 0 saturated heterocycles. The van der Waals surface area contributed by atoms with Gasteiger partial charge in [-0.1, -0.05) is 23.1 Å². The Bertz CT molecular complexity index is 503. The Labute approximate surface area is 112 Å². The lowest BCUT2D eigenvalue weighted by molar-refractivity contribution is 0.994. The first-order valence-corrected chi connectivity index (χ1v) is 8.11. The molecule has 2 heterocycles. The smallest absolute Gasteiger partial charge is 0.206 e. The minimum atomic E-state index is 0.641. The Hall–Kier alpha value is -0.660. The molecule has 0 radical (unpaired) electrons. The van der Waals surface area contributed by atoms with Crippen LogP contribution in [-0.4, -0.2) is 21.2 Å². The first-order valence-electron chi connectivity index (χ1n) is 5.43. The number of thioether (sulfide) groups is 1. The monoisotopic (exact) mass is 284 g/mol. The van der Waals surface area contributed by atoms with E-state index in [0.717, 1.165) is 25.9 Å². The van der Waals surface area contributed by atoms with Gasteiger partial charge in [0.15, 0.2) is 4.34 Å². The van der Waals surface area contributed by atoms with Gasteiger partial charge in [-0.25, -0.2) is 4.98 Å². The van der Waals surface area contributed by atoms with E-state index >= 15 is 0 Å². The minimum absolute atomic E-state index is 0.641. The average molecular weight is 284 g/mol. The number of rotatable bonds is 5. The van der Waals surface area contributed by atoms with Crippen LogP contribution in [0, 0.1) is 6.92 Å². The molecule has 0 amide bonds. The van der Waals surface area contributed by atoms with Gasteiger partial charge in [-0.3, -0.25) is 0 Å². The van der Waals surface area contributed by atoms with Gasteiger partial charge in [-0.15, -0.1) is 21.5 Å². The van der Waals surface area contributed by atoms with Crippen LogP contribution in [0.5, 0.6) is 0 Å². The van der Waals surface area contributed by atoms with E-state index in [-0.39, 0.29) is 0 Å². The van der Waals surface area contributed by atoms with Crippen molar-refractivity contribution in [1.82, 2.24) is 15.2 Å². The van der Waals surface area contributed by atoms with Gasteiger partial charge in [0.05, 0.1) is 10.7 Å². The highest BCUT2D eigenvalue weighted by Gasteiger charge is 2.22. The molecule has 1 fully saturated rings. The molecule has 90 valence electrons. The maximum absolute atomic E-state index is 4.43. The first-order chi connectivity index (χ1) is 8.29. The lowest BCUT2D eigenvalue weighted by Gasteiger charge is -1.94. The van der Waals surface area contributed by atoms with E-state index in [4.69, 9.17) is 0 Å². The fourth-order valence-corrected chi connectivity index (χ4v) is 3.78. The van der Waals surface area contributed by atoms with Crippen LogP contribution in [0.25, 0.3) is 0 Å². The molecule has 1 saturated carbocycles. The molecule has 1 aliphatic carbocycles. The normalized spacial score (nSPS) is 15.1. The van der Waals surface area contributed by atoms with Gasteiger partial charge in [0.2, 0.25) is 5.13 Å². The van der Waals surface area contributed by atoms with E-state index in [1.807, 2.05) is 6.92 Å². The van der Waals surface area contributed by atoms with Crippen molar-refractivity contribution in [2.45, 2.75) is 35.9 Å². The van der Waals surface area contributed by atoms with E-state index in [1.54, 1.807) is 34.4 Å². The highest BCUT2D eigenvalue weighted by molar-refractivity contribution is 8.00. The molecule has 0 atom stereocenters. The zero-order chi connectivity index (χ0) is 11.7. The predicted octanol–water partition coefficient (Wildman–Crippen LogP) is 3.17. The van der Waals surface area contributed by atoms with Crippen molar-refractivity contribution < 1.29 is 0 Å². The van der Waals surface area contributed by atoms with Gasteiger partial charge in [-0.05, 0) is 19.8 Å². The van der Waals surface area contributed by atoms with Crippen molar-refractivity contribution in [3.05, 3.63) is 16.1 Å². The van der Waals surface area contributed by atoms with Gasteiger partial charge < -0.3 is 5.32 Å². The van der Waals surface area contributed by atoms with Crippen LogP contribution >= 0.6 is 34.4 Å². The maximum atomic E-state index is 4.43. The van der Waals surface area contributed by atoms with Crippen LogP contribution in [0.15, 0.2) is 9.72 Å². The highest BCUT2D eigenvalue weighted by atomic mass is 32.2. The fraction of sp³-hybridized carbons (Fsp3) is 0.500. The number of hydrogen-bond donors (Lipinski definition) is 1. The summed E-state index contributed by atoms with van der Waals surface area (Å²) in [6, 6.07) is 0.641. The topological polar surface area (TPSA) is 50.7 Å². The number of aromatic nitrogens is 3. The van der Waals surface area contributed by atoms with Crippen LogP contribution < -0.4 is 5.32 Å². The van der Waals surface area contributed by atoms with E-state index < -0.39 is 0 Å². The Balaban J connectivity index is 1.55. The average Bonchev–Trinajstić information content (AvgIpc) is 2.84. The molecule has 0 bridgehead atoms. The number of thiazole rings is 1. The quantitative estimate of drug-likeness (QED) is 0.855. The summed E-state index contributed by atoms with van der Waals surface area (Å²) >= 11 is 5.03. The molecule has 3 rings (SSSR count). The minimum Gasteiger partial charge on any atom is -0.357 e. The fourth-order valence-electron chi connectivity index (χ4n) is 1.34. The first kappa shape index (κ1) is 11.4. The summed E-state index contributed by atoms with van der Waals surface area (Å²) in [4.78, 5) is 4.43. The van der Waals surface area contributed by atoms with Gasteiger partial charge in [0, 0.05) is 17.2 Å². The second-order valence-electron chi connectivity index (χ2n) is 3.94. The van der Waals surface area contributed by atoms with Crippen molar-refractivity contribution in [3.8, 4) is 0 Å². The van der Waals surface area contributed by atoms with E-state index in [1.165, 1.54) is 12.8 Å². The Morgan fingerprint density at radius 1 is 1.47 bits per heavy atom. The van der Waals surface area contributed by atoms with E-state index in [0.29, 0.717) is 6.04 Å². The second-order valence-corrected chi connectivity index (χ2v) is 7.20. The van der Waals surface area contributed by atoms with Crippen LogP contribution in [-0.2, 0) is 5.75 Å². The van der Waals surface area contributed by atoms with Crippen molar-refractivity contribution >= 4 is 39.6 Å². The third-order valence-corrected chi connectivity index (χ3v) is 5.17. The van der Waals surface area contributed by atoms with Crippen molar-refractivity contribution in [2.75, 3.05) is 5.32 Å². The molecule has 2 aromatic rings. The molecule has 1 aliphatic rings. The largest absolute Gasteiger partial charge is 0.357 e. The third-order valence-electron chi connectivity index (χ3n) is 2.32. The van der Waals surface area contributed by atoms with E-state index in [9.17, 15) is 0 Å². The van der Waals surface area contributed by atoms with Crippen molar-refractivity contribution in [3.63, 3.8) is 0 Å². The predicted molar refractivity (Wildman–Crippen MR) is 73.0 cm³/mol. The molecule has 0 aliphatic heterocycles. The standard InChI is InChI=1S/C10H12N4S3/c1-6-11-8(4-15-6)5-16-10-14-13-9(17-10)12-7-2-3-7/h4,7H,2-3,5H2,1H3,(H,12,13). The summed E-state index contributed by atoms with van der Waals surface area (Å²) in [6.07, 6.45) is 2.53. The molecular weight excluding hydrogens is 272 g/mol. The van der Waals surface area contributed by atoms with Gasteiger partial charge in [0.1, 0.15) is 0 Å². The van der Waals surface area contributed by atoms with Crippen molar-refractivity contribution in [2.24, 2.45) is 0 Å². The van der Waals surface area contributed by atoms with Crippen LogP contribution in [0.1, 0.15) is 23.5 Å². The molecule has 1 N–H and O–H groups in total. The lowest BCUT2D eigenvalue weighted by atomic mass is 10.6. The summed E-state index contributed by atoms with van der Waals surface area (Å²) in [6.45, 7) is 2.03. The summed E-state index contributed by atoms with van der Waals surface area (Å²) in [5.74, 6) is 0.877. The second kappa shape index (κ2) is 4.91. The SMILES string of the molecule is Cc1nc(CSc2nnc(NC3CC3)s2)cs1. The third kappa shape index (κ3) is 3.17. The Kier molecular flexibility index (Phi) is 3.30. The lowest BCUT2D eigenvalue weighted by Crippen LogP contribution is -1.99. The zero-order valence-electron chi connectivity index (χ0n) is 9.34. The molecular formula is C10H12N4S3. The van der Waals surface area contributed by atoms with E-state index in [2.05, 4.69) is 25.9 Å². The van der Waals surface area contributed by atoms with Gasteiger partial charge in [0.25, 0.3) is 0 Å². The maximum Gasteiger partial charge on any atom is 0.206 e. The summed E-state index contributed by atoms with van der Waals surface area (Å²) in [5, 5.41) is 15.8. The van der Waals surface area contributed by atoms with Gasteiger partial charge in [-0.2, -0.15) is 0 Å². The van der Waals surface area contributed by atoms with Crippen LogP contribution in [0.2, 0.25) is 0 Å². The summed E-state index contributed by atoms with van der Waals surface area (Å²) in [7, 11) is 0. The molecule has 0 aromatic carbocycles. The van der Waals surface area contributed by atoms with Crippen molar-refractivity contribution in [1.29, 1.82) is 0 Å². The molecule has 17 heavy (non-hydrogen) atoms. The molecule has 0 spiro atoms. The number of hydrogen-bond acceptors (Lipinski definition) is 7. The molecule has 7 heteroatoms. The number of anilines is 1. The Morgan fingerprint density at radius 3 is 3.06 bits per heavy atom. The summed E-state index contributed by atoms with van der Waals surface area (Å²) in [5.41, 5.74) is 1.13. The number of nitrogens with one attached hydrogen (secondary N) is 1. The molecule has 0 unspecified atom stereocenters. The Morgan fingerprint density at radius 2 is 2.35 bits per heavy atom. The van der Waals surface area contributed by atoms with Crippen LogP contribution in [0.4, 0.5) is 5.13 Å². The number of nitrogens with zero attached hydrogens (tertiary/aromatic N) is 3. The zero-order valence-corrected chi connectivity index (χ0v) is 11.8. The molecule has 2 aromatic heterocycles. The number of aryl methyl sites for hydroxylation is 1. The van der Waals surface area contributed by atoms with Crippen LogP contribution in [0.3, 0.4) is 0 Å². The summed E-state index contributed by atoms with van der Waals surface area (Å²) < 4.78 is 1.01.